The van der Waals surface area contributed by atoms with Crippen LogP contribution in [0.4, 0.5) is 0 Å². The molecule has 3 aromatic heterocycles. The van der Waals surface area contributed by atoms with E-state index in [-0.39, 0.29) is 17.6 Å². The molecule has 1 fully saturated rings. The molecule has 0 bridgehead atoms. The number of amides is 1. The number of fused-ring (bicyclic) bond motifs is 1. The number of rotatable bonds is 6. The first kappa shape index (κ1) is 25.1. The van der Waals surface area contributed by atoms with E-state index in [1.807, 2.05) is 70.8 Å². The number of nitrogens with zero attached hydrogens (tertiary/aromatic N) is 5. The maximum absolute atomic E-state index is 13.7. The molecule has 2 aromatic carbocycles. The van der Waals surface area contributed by atoms with Gasteiger partial charge < -0.3 is 9.88 Å². The number of hydrogen-bond donors (Lipinski definition) is 1. The average Bonchev–Trinajstić information content (AvgIpc) is 3.58. The molecule has 0 spiro atoms. The summed E-state index contributed by atoms with van der Waals surface area (Å²) in [6.45, 7) is 2.46. The van der Waals surface area contributed by atoms with Crippen LogP contribution in [-0.4, -0.2) is 35.6 Å². The molecule has 0 unspecified atom stereocenters. The van der Waals surface area contributed by atoms with E-state index < -0.39 is 0 Å². The van der Waals surface area contributed by atoms with Crippen LogP contribution in [0.3, 0.4) is 0 Å². The topological polar surface area (TPSA) is 86.7 Å². The molecule has 5 aromatic rings. The first-order valence-electron chi connectivity index (χ1n) is 13.2. The standard InChI is InChI=1S/C30H29ClN6O2/c1-20-26(16-22(31)17-33-20)29(38)34-23-8-6-21(7-9-23)18-36-27-4-2-3-5-28(27)37(30(36)39)25-12-10-24(11-13-25)35-15-14-32-19-35/h2-5,10-17,19,21,23H,6-9,18H2,1H3,(H,34,38)/t21-,23-. The van der Waals surface area contributed by atoms with Gasteiger partial charge in [0, 0.05) is 36.9 Å². The van der Waals surface area contributed by atoms with Crippen molar-refractivity contribution in [3.05, 3.63) is 106 Å². The highest BCUT2D eigenvalue weighted by atomic mass is 35.5. The van der Waals surface area contributed by atoms with E-state index >= 15 is 0 Å². The Balaban J connectivity index is 1.18. The number of carbonyl (C=O) groups excluding carboxylic acids is 1. The lowest BCUT2D eigenvalue weighted by Gasteiger charge is -2.29. The summed E-state index contributed by atoms with van der Waals surface area (Å²) >= 11 is 6.05. The summed E-state index contributed by atoms with van der Waals surface area (Å²) < 4.78 is 5.63. The molecule has 9 heteroatoms. The van der Waals surface area contributed by atoms with E-state index in [0.29, 0.717) is 28.7 Å². The third kappa shape index (κ3) is 5.00. The molecule has 1 saturated carbocycles. The Morgan fingerprint density at radius 2 is 1.74 bits per heavy atom. The van der Waals surface area contributed by atoms with Crippen LogP contribution in [0.1, 0.15) is 41.7 Å². The van der Waals surface area contributed by atoms with E-state index in [4.69, 9.17) is 11.6 Å². The predicted molar refractivity (Wildman–Crippen MR) is 152 cm³/mol. The SMILES string of the molecule is Cc1ncc(Cl)cc1C(=O)N[C@H]1CC[C@H](Cn2c(=O)n(-c3ccc(-n4ccnc4)cc3)c3ccccc32)CC1. The van der Waals surface area contributed by atoms with Crippen molar-refractivity contribution in [3.63, 3.8) is 0 Å². The minimum Gasteiger partial charge on any atom is -0.349 e. The first-order valence-corrected chi connectivity index (χ1v) is 13.6. The molecule has 1 aliphatic carbocycles. The zero-order chi connectivity index (χ0) is 26.9. The third-order valence-corrected chi connectivity index (χ3v) is 7.87. The number of benzene rings is 2. The number of hydrogen-bond acceptors (Lipinski definition) is 4. The Kier molecular flexibility index (Phi) is 6.79. The van der Waals surface area contributed by atoms with Gasteiger partial charge in [0.15, 0.2) is 0 Å². The van der Waals surface area contributed by atoms with E-state index in [1.165, 1.54) is 0 Å². The smallest absolute Gasteiger partial charge is 0.333 e. The molecular formula is C30H29ClN6O2. The molecular weight excluding hydrogens is 512 g/mol. The summed E-state index contributed by atoms with van der Waals surface area (Å²) in [6, 6.07) is 17.6. The van der Waals surface area contributed by atoms with Gasteiger partial charge in [-0.15, -0.1) is 0 Å². The van der Waals surface area contributed by atoms with Crippen LogP contribution in [0.25, 0.3) is 22.4 Å². The van der Waals surface area contributed by atoms with Gasteiger partial charge in [0.2, 0.25) is 0 Å². The number of aryl methyl sites for hydroxylation is 1. The third-order valence-electron chi connectivity index (χ3n) is 7.67. The monoisotopic (exact) mass is 540 g/mol. The lowest BCUT2D eigenvalue weighted by Crippen LogP contribution is -2.39. The fourth-order valence-corrected chi connectivity index (χ4v) is 5.73. The normalized spacial score (nSPS) is 17.4. The molecule has 1 N–H and O–H groups in total. The van der Waals surface area contributed by atoms with Crippen LogP contribution in [-0.2, 0) is 6.54 Å². The lowest BCUT2D eigenvalue weighted by atomic mass is 9.85. The van der Waals surface area contributed by atoms with Gasteiger partial charge in [0.05, 0.1) is 39.3 Å². The fraction of sp³-hybridized carbons (Fsp3) is 0.267. The summed E-state index contributed by atoms with van der Waals surface area (Å²) in [5, 5.41) is 3.61. The van der Waals surface area contributed by atoms with Gasteiger partial charge in [-0.1, -0.05) is 23.7 Å². The Morgan fingerprint density at radius 1 is 1.03 bits per heavy atom. The van der Waals surface area contributed by atoms with Crippen molar-refractivity contribution in [2.75, 3.05) is 0 Å². The van der Waals surface area contributed by atoms with Crippen LogP contribution >= 0.6 is 11.6 Å². The van der Waals surface area contributed by atoms with E-state index in [9.17, 15) is 9.59 Å². The molecule has 0 atom stereocenters. The number of pyridine rings is 1. The Labute approximate surface area is 230 Å². The van der Waals surface area contributed by atoms with Crippen molar-refractivity contribution >= 4 is 28.5 Å². The Bertz CT molecular complexity index is 1680. The van der Waals surface area contributed by atoms with Gasteiger partial charge in [0.1, 0.15) is 0 Å². The number of aromatic nitrogens is 5. The van der Waals surface area contributed by atoms with Crippen molar-refractivity contribution < 1.29 is 4.79 Å². The molecule has 1 aliphatic rings. The maximum atomic E-state index is 13.7. The second-order valence-corrected chi connectivity index (χ2v) is 10.6. The van der Waals surface area contributed by atoms with Crippen molar-refractivity contribution in [1.82, 2.24) is 29.0 Å². The van der Waals surface area contributed by atoms with E-state index in [0.717, 1.165) is 48.1 Å². The molecule has 39 heavy (non-hydrogen) atoms. The number of halogens is 1. The minimum atomic E-state index is -0.135. The molecule has 3 heterocycles. The van der Waals surface area contributed by atoms with Crippen molar-refractivity contribution in [2.24, 2.45) is 5.92 Å². The van der Waals surface area contributed by atoms with Crippen LogP contribution < -0.4 is 11.0 Å². The maximum Gasteiger partial charge on any atom is 0.333 e. The van der Waals surface area contributed by atoms with E-state index in [2.05, 4.69) is 15.3 Å². The number of carbonyl (C=O) groups is 1. The molecule has 8 nitrogen and oxygen atoms in total. The largest absolute Gasteiger partial charge is 0.349 e. The predicted octanol–water partition coefficient (Wildman–Crippen LogP) is 5.32. The number of para-hydroxylation sites is 2. The molecule has 0 radical (unpaired) electrons. The molecule has 6 rings (SSSR count). The van der Waals surface area contributed by atoms with Crippen LogP contribution in [0.5, 0.6) is 0 Å². The highest BCUT2D eigenvalue weighted by Gasteiger charge is 2.25. The Hall–Kier alpha value is -4.17. The van der Waals surface area contributed by atoms with Crippen molar-refractivity contribution in [1.29, 1.82) is 0 Å². The van der Waals surface area contributed by atoms with Gasteiger partial charge in [-0.2, -0.15) is 0 Å². The first-order chi connectivity index (χ1) is 19.0. The van der Waals surface area contributed by atoms with Crippen molar-refractivity contribution in [3.8, 4) is 11.4 Å². The van der Waals surface area contributed by atoms with Gasteiger partial charge >= 0.3 is 5.69 Å². The van der Waals surface area contributed by atoms with Gasteiger partial charge in [-0.25, -0.2) is 9.78 Å². The molecule has 198 valence electrons. The summed E-state index contributed by atoms with van der Waals surface area (Å²) in [4.78, 5) is 34.9. The summed E-state index contributed by atoms with van der Waals surface area (Å²) in [7, 11) is 0. The zero-order valence-corrected chi connectivity index (χ0v) is 22.4. The van der Waals surface area contributed by atoms with Gasteiger partial charge in [-0.3, -0.25) is 18.9 Å². The van der Waals surface area contributed by atoms with Gasteiger partial charge in [0.25, 0.3) is 5.91 Å². The van der Waals surface area contributed by atoms with Gasteiger partial charge in [-0.05, 0) is 81.0 Å². The van der Waals surface area contributed by atoms with Crippen LogP contribution in [0.15, 0.2) is 84.3 Å². The molecule has 1 amide bonds. The molecule has 0 aliphatic heterocycles. The summed E-state index contributed by atoms with van der Waals surface area (Å²) in [6.07, 6.45) is 10.5. The van der Waals surface area contributed by atoms with Crippen molar-refractivity contribution in [2.45, 2.75) is 45.2 Å². The summed E-state index contributed by atoms with van der Waals surface area (Å²) in [5.74, 6) is 0.220. The second kappa shape index (κ2) is 10.5. The summed E-state index contributed by atoms with van der Waals surface area (Å²) in [5.41, 5.74) is 4.78. The average molecular weight is 541 g/mol. The van der Waals surface area contributed by atoms with E-state index in [1.54, 1.807) is 29.4 Å². The van der Waals surface area contributed by atoms with Crippen LogP contribution in [0, 0.1) is 12.8 Å². The lowest BCUT2D eigenvalue weighted by molar-refractivity contribution is 0.0919. The van der Waals surface area contributed by atoms with Crippen LogP contribution in [0.2, 0.25) is 5.02 Å². The second-order valence-electron chi connectivity index (χ2n) is 10.2. The quantitative estimate of drug-likeness (QED) is 0.316. The zero-order valence-electron chi connectivity index (χ0n) is 21.6. The highest BCUT2D eigenvalue weighted by Crippen LogP contribution is 2.28. The number of nitrogens with one attached hydrogen (secondary N) is 1. The molecule has 0 saturated heterocycles. The Morgan fingerprint density at radius 3 is 2.46 bits per heavy atom. The fourth-order valence-electron chi connectivity index (χ4n) is 5.57. The highest BCUT2D eigenvalue weighted by molar-refractivity contribution is 6.30. The minimum absolute atomic E-state index is 0.0362. The number of imidazole rings is 2.